The summed E-state index contributed by atoms with van der Waals surface area (Å²) in [5, 5.41) is 0. The third-order valence-electron chi connectivity index (χ3n) is 0.718. The fraction of sp³-hybridized carbons (Fsp3) is 0.667. The van der Waals surface area contributed by atoms with E-state index in [0.29, 0.717) is 0 Å². The minimum absolute atomic E-state index is 0. The van der Waals surface area contributed by atoms with E-state index in [0.717, 1.165) is 0 Å². The number of hydrogen-bond donors (Lipinski definition) is 0. The molecule has 0 aliphatic rings. The Balaban J connectivity index is -0.000000105. The molecule has 0 rings (SSSR count). The molecule has 0 saturated carbocycles. The van der Waals surface area contributed by atoms with Gasteiger partial charge in [0, 0.05) is 59.1 Å². The van der Waals surface area contributed by atoms with Crippen LogP contribution in [0, 0.1) is 0 Å². The molecule has 0 bridgehead atoms. The van der Waals surface area contributed by atoms with E-state index in [1.165, 1.54) is 13.8 Å². The molecule has 0 amide bonds. The second kappa shape index (κ2) is 18.0. The largest absolute Gasteiger partial charge is 0.458 e. The zero-order chi connectivity index (χ0) is 11.6. The summed E-state index contributed by atoms with van der Waals surface area (Å²) in [6.07, 6.45) is 0. The third-order valence-corrected chi connectivity index (χ3v) is 0.718. The molecule has 84 valence electrons. The van der Waals surface area contributed by atoms with Gasteiger partial charge in [-0.3, -0.25) is 0 Å². The summed E-state index contributed by atoms with van der Waals surface area (Å²) in [4.78, 5) is 30.3. The average Bonchev–Trinajstić information content (AvgIpc) is 2.04. The van der Waals surface area contributed by atoms with Crippen molar-refractivity contribution in [2.45, 2.75) is 27.7 Å². The summed E-state index contributed by atoms with van der Waals surface area (Å²) < 4.78 is 8.69. The Morgan fingerprint density at radius 3 is 1.12 bits per heavy atom. The van der Waals surface area contributed by atoms with E-state index in [2.05, 4.69) is 9.47 Å². The predicted octanol–water partition coefficient (Wildman–Crippen LogP) is -0.0537. The van der Waals surface area contributed by atoms with E-state index < -0.39 is 11.9 Å². The van der Waals surface area contributed by atoms with Crippen molar-refractivity contribution < 1.29 is 23.9 Å². The standard InChI is InChI=1S/C6H10O4.C3H6O.2Na/c1-3-9-5(7)6(8)10-4-2;1-3(2)4;;/h3-4H2,1-2H3;1-2H3;;. The fourth-order valence-electron chi connectivity index (χ4n) is 0.380. The van der Waals surface area contributed by atoms with Gasteiger partial charge in [-0.1, -0.05) is 0 Å². The molecule has 0 N–H and O–H groups in total. The average molecular weight is 250 g/mol. The monoisotopic (exact) mass is 250 g/mol. The van der Waals surface area contributed by atoms with Crippen LogP contribution in [-0.2, 0) is 23.9 Å². The van der Waals surface area contributed by atoms with Gasteiger partial charge >= 0.3 is 11.9 Å². The first kappa shape index (κ1) is 25.5. The maximum Gasteiger partial charge on any atom is 0.417 e. The Labute approximate surface area is 140 Å². The maximum atomic E-state index is 10.4. The third kappa shape index (κ3) is 24.0. The molecule has 0 aliphatic heterocycles. The van der Waals surface area contributed by atoms with Gasteiger partial charge in [0.25, 0.3) is 0 Å². The number of esters is 2. The number of rotatable bonds is 2. The number of hydrogen-bond acceptors (Lipinski definition) is 5. The topological polar surface area (TPSA) is 69.7 Å². The fourth-order valence-corrected chi connectivity index (χ4v) is 0.380. The van der Waals surface area contributed by atoms with Gasteiger partial charge in [-0.05, 0) is 27.7 Å². The van der Waals surface area contributed by atoms with Crippen molar-refractivity contribution in [3.63, 3.8) is 0 Å². The molecule has 0 unspecified atom stereocenters. The summed E-state index contributed by atoms with van der Waals surface area (Å²) in [7, 11) is 0. The molecular formula is C9H16Na2O5. The van der Waals surface area contributed by atoms with E-state index in [9.17, 15) is 14.4 Å². The van der Waals surface area contributed by atoms with Crippen LogP contribution in [0.4, 0.5) is 0 Å². The van der Waals surface area contributed by atoms with Crippen LogP contribution in [0.3, 0.4) is 0 Å². The Hall–Kier alpha value is 0.610. The van der Waals surface area contributed by atoms with Gasteiger partial charge in [-0.2, -0.15) is 0 Å². The van der Waals surface area contributed by atoms with Gasteiger partial charge in [0.15, 0.2) is 0 Å². The summed E-state index contributed by atoms with van der Waals surface area (Å²) in [5.74, 6) is -1.69. The Morgan fingerprint density at radius 2 is 1.00 bits per heavy atom. The number of ether oxygens (including phenoxy) is 2. The first-order valence-electron chi connectivity index (χ1n) is 4.26. The van der Waals surface area contributed by atoms with E-state index in [4.69, 9.17) is 0 Å². The van der Waals surface area contributed by atoms with E-state index in [1.807, 2.05) is 0 Å². The van der Waals surface area contributed by atoms with Crippen LogP contribution in [0.2, 0.25) is 0 Å². The second-order valence-corrected chi connectivity index (χ2v) is 2.35. The Morgan fingerprint density at radius 1 is 0.812 bits per heavy atom. The molecule has 0 fully saturated rings. The first-order chi connectivity index (χ1) is 6.45. The van der Waals surface area contributed by atoms with E-state index >= 15 is 0 Å². The Kier molecular flexibility index (Phi) is 28.6. The zero-order valence-corrected chi connectivity index (χ0v) is 15.0. The summed E-state index contributed by atoms with van der Waals surface area (Å²) in [6.45, 7) is 6.68. The number of carbonyl (C=O) groups is 3. The zero-order valence-electron chi connectivity index (χ0n) is 11.0. The van der Waals surface area contributed by atoms with Gasteiger partial charge < -0.3 is 14.3 Å². The number of ketones is 1. The van der Waals surface area contributed by atoms with Crippen LogP contribution in [0.1, 0.15) is 27.7 Å². The summed E-state index contributed by atoms with van der Waals surface area (Å²) in [6, 6.07) is 0. The molecule has 2 radical (unpaired) electrons. The number of carbonyl (C=O) groups excluding carboxylic acids is 3. The van der Waals surface area contributed by atoms with Crippen molar-refractivity contribution in [2.75, 3.05) is 13.2 Å². The van der Waals surface area contributed by atoms with Gasteiger partial charge in [-0.15, -0.1) is 0 Å². The van der Waals surface area contributed by atoms with E-state index in [-0.39, 0.29) is 78.1 Å². The summed E-state index contributed by atoms with van der Waals surface area (Å²) in [5.41, 5.74) is 0. The van der Waals surface area contributed by atoms with Crippen molar-refractivity contribution in [1.82, 2.24) is 0 Å². The minimum Gasteiger partial charge on any atom is -0.458 e. The molecule has 0 aliphatic carbocycles. The molecule has 0 saturated heterocycles. The Bertz CT molecular complexity index is 186. The van der Waals surface area contributed by atoms with Crippen LogP contribution < -0.4 is 0 Å². The quantitative estimate of drug-likeness (QED) is 0.390. The summed E-state index contributed by atoms with van der Waals surface area (Å²) >= 11 is 0. The molecule has 5 nitrogen and oxygen atoms in total. The molecule has 0 aromatic carbocycles. The normalized spacial score (nSPS) is 7.00. The maximum absolute atomic E-state index is 10.4. The molecule has 16 heavy (non-hydrogen) atoms. The molecule has 0 heterocycles. The van der Waals surface area contributed by atoms with Gasteiger partial charge in [0.05, 0.1) is 13.2 Å². The number of Topliss-reactive ketones (excluding diaryl/α,β-unsaturated/α-hetero) is 1. The van der Waals surface area contributed by atoms with Crippen LogP contribution in [-0.4, -0.2) is 90.1 Å². The predicted molar refractivity (Wildman–Crippen MR) is 61.1 cm³/mol. The minimum atomic E-state index is -0.927. The van der Waals surface area contributed by atoms with Crippen molar-refractivity contribution >= 4 is 76.8 Å². The van der Waals surface area contributed by atoms with Crippen molar-refractivity contribution in [1.29, 1.82) is 0 Å². The SMILES string of the molecule is CC(C)=O.CCOC(=O)C(=O)OCC.[Na].[Na]. The molecule has 0 aromatic heterocycles. The van der Waals surface area contributed by atoms with E-state index in [1.54, 1.807) is 13.8 Å². The van der Waals surface area contributed by atoms with Crippen molar-refractivity contribution in [2.24, 2.45) is 0 Å². The molecule has 7 heteroatoms. The van der Waals surface area contributed by atoms with Crippen molar-refractivity contribution in [3.05, 3.63) is 0 Å². The molecule has 0 spiro atoms. The van der Waals surface area contributed by atoms with Gasteiger partial charge in [-0.25, -0.2) is 9.59 Å². The molecule has 0 atom stereocenters. The first-order valence-corrected chi connectivity index (χ1v) is 4.26. The van der Waals surface area contributed by atoms with Gasteiger partial charge in [0.1, 0.15) is 5.78 Å². The van der Waals surface area contributed by atoms with Gasteiger partial charge in [0.2, 0.25) is 0 Å². The van der Waals surface area contributed by atoms with Crippen LogP contribution in [0.5, 0.6) is 0 Å². The van der Waals surface area contributed by atoms with Crippen LogP contribution in [0.15, 0.2) is 0 Å². The molecular weight excluding hydrogens is 234 g/mol. The smallest absolute Gasteiger partial charge is 0.417 e. The molecule has 0 aromatic rings. The van der Waals surface area contributed by atoms with Crippen LogP contribution >= 0.6 is 0 Å². The van der Waals surface area contributed by atoms with Crippen LogP contribution in [0.25, 0.3) is 0 Å². The second-order valence-electron chi connectivity index (χ2n) is 2.35. The van der Waals surface area contributed by atoms with Crippen molar-refractivity contribution in [3.8, 4) is 0 Å².